The number of carbonyl (C=O) groups is 1. The first-order valence-corrected chi connectivity index (χ1v) is 8.25. The van der Waals surface area contributed by atoms with E-state index in [-0.39, 0.29) is 12.1 Å². The number of nitrogens with zero attached hydrogens (tertiary/aromatic N) is 4. The fraction of sp³-hybridized carbons (Fsp3) is 0.529. The highest BCUT2D eigenvalue weighted by atomic mass is 16.2. The lowest BCUT2D eigenvalue weighted by Gasteiger charge is -2.34. The van der Waals surface area contributed by atoms with Gasteiger partial charge in [0.15, 0.2) is 0 Å². The lowest BCUT2D eigenvalue weighted by atomic mass is 10.1. The zero-order chi connectivity index (χ0) is 16.4. The molecule has 0 radical (unpaired) electrons. The number of hydrogen-bond donors (Lipinski definition) is 1. The SMILES string of the molecule is CC(C)Cn1ccnc1CNC(=O)N1CCn2cccc2[C@H]1C. The maximum Gasteiger partial charge on any atom is 0.318 e. The molecule has 0 aliphatic carbocycles. The summed E-state index contributed by atoms with van der Waals surface area (Å²) in [6, 6.07) is 4.19. The van der Waals surface area contributed by atoms with Crippen LogP contribution in [0.1, 0.15) is 38.3 Å². The number of carbonyl (C=O) groups excluding carboxylic acids is 1. The summed E-state index contributed by atoms with van der Waals surface area (Å²) in [5.74, 6) is 1.45. The van der Waals surface area contributed by atoms with Gasteiger partial charge in [0.05, 0.1) is 12.6 Å². The van der Waals surface area contributed by atoms with E-state index in [1.165, 1.54) is 5.69 Å². The van der Waals surface area contributed by atoms with E-state index < -0.39 is 0 Å². The van der Waals surface area contributed by atoms with Gasteiger partial charge in [-0.3, -0.25) is 0 Å². The van der Waals surface area contributed by atoms with Crippen molar-refractivity contribution in [3.63, 3.8) is 0 Å². The third-order valence-electron chi connectivity index (χ3n) is 4.36. The van der Waals surface area contributed by atoms with Crippen molar-refractivity contribution in [3.05, 3.63) is 42.2 Å². The Morgan fingerprint density at radius 2 is 2.22 bits per heavy atom. The minimum atomic E-state index is -0.0240. The molecule has 124 valence electrons. The lowest BCUT2D eigenvalue weighted by molar-refractivity contribution is 0.161. The van der Waals surface area contributed by atoms with Crippen molar-refractivity contribution in [1.82, 2.24) is 24.3 Å². The van der Waals surface area contributed by atoms with E-state index in [0.717, 1.165) is 25.5 Å². The average molecular weight is 315 g/mol. The predicted octanol–water partition coefficient (Wildman–Crippen LogP) is 2.63. The highest BCUT2D eigenvalue weighted by Crippen LogP contribution is 2.25. The molecule has 0 saturated carbocycles. The molecular weight excluding hydrogens is 290 g/mol. The molecule has 6 heteroatoms. The normalized spacial score (nSPS) is 17.4. The Kier molecular flexibility index (Phi) is 4.41. The van der Waals surface area contributed by atoms with E-state index in [1.54, 1.807) is 6.20 Å². The number of imidazole rings is 1. The molecule has 1 aliphatic rings. The van der Waals surface area contributed by atoms with Crippen LogP contribution in [-0.2, 0) is 19.6 Å². The largest absolute Gasteiger partial charge is 0.348 e. The van der Waals surface area contributed by atoms with E-state index in [9.17, 15) is 4.79 Å². The molecule has 0 spiro atoms. The Balaban J connectivity index is 1.61. The van der Waals surface area contributed by atoms with E-state index in [1.807, 2.05) is 17.2 Å². The van der Waals surface area contributed by atoms with E-state index >= 15 is 0 Å². The van der Waals surface area contributed by atoms with Crippen LogP contribution in [0.25, 0.3) is 0 Å². The topological polar surface area (TPSA) is 55.1 Å². The van der Waals surface area contributed by atoms with Gasteiger partial charge < -0.3 is 19.4 Å². The maximum atomic E-state index is 12.5. The van der Waals surface area contributed by atoms with Crippen LogP contribution in [0, 0.1) is 5.92 Å². The second-order valence-electron chi connectivity index (χ2n) is 6.54. The molecule has 2 aromatic heterocycles. The van der Waals surface area contributed by atoms with Crippen molar-refractivity contribution >= 4 is 6.03 Å². The van der Waals surface area contributed by atoms with E-state index in [2.05, 4.69) is 52.5 Å². The first-order valence-electron chi connectivity index (χ1n) is 8.25. The van der Waals surface area contributed by atoms with Gasteiger partial charge >= 0.3 is 6.03 Å². The van der Waals surface area contributed by atoms with Crippen LogP contribution in [-0.4, -0.2) is 31.6 Å². The molecule has 1 aliphatic heterocycles. The van der Waals surface area contributed by atoms with Crippen LogP contribution in [0.15, 0.2) is 30.7 Å². The van der Waals surface area contributed by atoms with Gasteiger partial charge in [0.25, 0.3) is 0 Å². The fourth-order valence-electron chi connectivity index (χ4n) is 3.18. The fourth-order valence-corrected chi connectivity index (χ4v) is 3.18. The number of aromatic nitrogens is 3. The first kappa shape index (κ1) is 15.6. The number of fused-ring (bicyclic) bond motifs is 1. The van der Waals surface area contributed by atoms with Gasteiger partial charge in [-0.2, -0.15) is 0 Å². The highest BCUT2D eigenvalue weighted by Gasteiger charge is 2.27. The van der Waals surface area contributed by atoms with Crippen LogP contribution < -0.4 is 5.32 Å². The van der Waals surface area contributed by atoms with Gasteiger partial charge in [-0.25, -0.2) is 9.78 Å². The van der Waals surface area contributed by atoms with Crippen molar-refractivity contribution < 1.29 is 4.79 Å². The van der Waals surface area contributed by atoms with Crippen LogP contribution in [0.2, 0.25) is 0 Å². The summed E-state index contributed by atoms with van der Waals surface area (Å²) in [5.41, 5.74) is 1.19. The molecule has 1 atom stereocenters. The molecule has 0 fully saturated rings. The molecule has 1 N–H and O–H groups in total. The van der Waals surface area contributed by atoms with Gasteiger partial charge in [-0.15, -0.1) is 0 Å². The summed E-state index contributed by atoms with van der Waals surface area (Å²) in [5, 5.41) is 3.02. The Hall–Kier alpha value is -2.24. The molecule has 2 aromatic rings. The predicted molar refractivity (Wildman–Crippen MR) is 88.9 cm³/mol. The second-order valence-corrected chi connectivity index (χ2v) is 6.54. The number of urea groups is 1. The molecule has 3 heterocycles. The highest BCUT2D eigenvalue weighted by molar-refractivity contribution is 5.74. The zero-order valence-corrected chi connectivity index (χ0v) is 14.1. The number of amides is 2. The van der Waals surface area contributed by atoms with Crippen LogP contribution in [0.4, 0.5) is 4.79 Å². The summed E-state index contributed by atoms with van der Waals surface area (Å²) in [6.45, 7) is 9.38. The Labute approximate surface area is 137 Å². The quantitative estimate of drug-likeness (QED) is 0.943. The summed E-state index contributed by atoms with van der Waals surface area (Å²) < 4.78 is 4.32. The minimum Gasteiger partial charge on any atom is -0.348 e. The molecule has 0 unspecified atom stereocenters. The maximum absolute atomic E-state index is 12.5. The van der Waals surface area contributed by atoms with Crippen molar-refractivity contribution in [2.45, 2.75) is 46.4 Å². The smallest absolute Gasteiger partial charge is 0.318 e. The molecule has 6 nitrogen and oxygen atoms in total. The van der Waals surface area contributed by atoms with Crippen molar-refractivity contribution in [2.24, 2.45) is 5.92 Å². The second kappa shape index (κ2) is 6.48. The lowest BCUT2D eigenvalue weighted by Crippen LogP contribution is -2.46. The average Bonchev–Trinajstić information content (AvgIpc) is 3.14. The number of rotatable bonds is 4. The van der Waals surface area contributed by atoms with Gasteiger partial charge in [0.2, 0.25) is 0 Å². The Morgan fingerprint density at radius 3 is 3.00 bits per heavy atom. The molecule has 3 rings (SSSR count). The first-order chi connectivity index (χ1) is 11.1. The molecule has 0 aromatic carbocycles. The number of nitrogens with one attached hydrogen (secondary N) is 1. The molecule has 0 saturated heterocycles. The summed E-state index contributed by atoms with van der Waals surface area (Å²) in [7, 11) is 0. The molecular formula is C17H25N5O. The Bertz CT molecular complexity index is 672. The molecule has 0 bridgehead atoms. The van der Waals surface area contributed by atoms with E-state index in [4.69, 9.17) is 0 Å². The monoisotopic (exact) mass is 315 g/mol. The van der Waals surface area contributed by atoms with Gasteiger partial charge in [-0.05, 0) is 25.0 Å². The summed E-state index contributed by atoms with van der Waals surface area (Å²) in [6.07, 6.45) is 5.84. The Morgan fingerprint density at radius 1 is 1.39 bits per heavy atom. The van der Waals surface area contributed by atoms with Crippen molar-refractivity contribution in [3.8, 4) is 0 Å². The third kappa shape index (κ3) is 3.25. The van der Waals surface area contributed by atoms with Gasteiger partial charge in [0, 0.05) is 43.9 Å². The number of hydrogen-bond acceptors (Lipinski definition) is 2. The summed E-state index contributed by atoms with van der Waals surface area (Å²) in [4.78, 5) is 18.8. The van der Waals surface area contributed by atoms with Crippen molar-refractivity contribution in [1.29, 1.82) is 0 Å². The third-order valence-corrected chi connectivity index (χ3v) is 4.36. The summed E-state index contributed by atoms with van der Waals surface area (Å²) >= 11 is 0. The van der Waals surface area contributed by atoms with Crippen molar-refractivity contribution in [2.75, 3.05) is 6.54 Å². The molecule has 23 heavy (non-hydrogen) atoms. The standard InChI is InChI=1S/C17H25N5O/c1-13(2)12-21-8-6-18-16(21)11-19-17(23)22-10-9-20-7-4-5-15(20)14(22)3/h4-8,13-14H,9-12H2,1-3H3,(H,19,23)/t14-/m1/s1. The minimum absolute atomic E-state index is 0.0240. The molecule has 2 amide bonds. The van der Waals surface area contributed by atoms with Gasteiger partial charge in [0.1, 0.15) is 5.82 Å². The van der Waals surface area contributed by atoms with Crippen LogP contribution in [0.5, 0.6) is 0 Å². The zero-order valence-electron chi connectivity index (χ0n) is 14.1. The van der Waals surface area contributed by atoms with E-state index in [0.29, 0.717) is 12.5 Å². The van der Waals surface area contributed by atoms with Crippen LogP contribution >= 0.6 is 0 Å². The van der Waals surface area contributed by atoms with Gasteiger partial charge in [-0.1, -0.05) is 13.8 Å². The van der Waals surface area contributed by atoms with Crippen LogP contribution in [0.3, 0.4) is 0 Å².